The molecule has 3 heteroatoms. The van der Waals surface area contributed by atoms with E-state index in [0.717, 1.165) is 6.54 Å². The van der Waals surface area contributed by atoms with Crippen LogP contribution in [0, 0.1) is 6.92 Å². The molecule has 78 valence electrons. The van der Waals surface area contributed by atoms with Gasteiger partial charge in [-0.3, -0.25) is 4.68 Å². The van der Waals surface area contributed by atoms with E-state index in [4.69, 9.17) is 5.73 Å². The Morgan fingerprint density at radius 3 is 2.57 bits per heavy atom. The SMILES string of the molecule is Cc1cc(C2(CN)CCCC2)nn1C. The highest BCUT2D eigenvalue weighted by molar-refractivity contribution is 5.21. The Morgan fingerprint density at radius 2 is 2.14 bits per heavy atom. The molecule has 0 atom stereocenters. The maximum atomic E-state index is 5.91. The van der Waals surface area contributed by atoms with Gasteiger partial charge in [0.15, 0.2) is 0 Å². The smallest absolute Gasteiger partial charge is 0.0701 e. The number of nitrogens with two attached hydrogens (primary N) is 1. The molecule has 1 saturated carbocycles. The topological polar surface area (TPSA) is 43.8 Å². The van der Waals surface area contributed by atoms with Crippen LogP contribution in [-0.4, -0.2) is 16.3 Å². The van der Waals surface area contributed by atoms with Crippen LogP contribution in [0.5, 0.6) is 0 Å². The van der Waals surface area contributed by atoms with E-state index in [-0.39, 0.29) is 5.41 Å². The fourth-order valence-electron chi connectivity index (χ4n) is 2.44. The molecule has 0 aromatic carbocycles. The maximum absolute atomic E-state index is 5.91. The lowest BCUT2D eigenvalue weighted by atomic mass is 9.83. The first-order valence-electron chi connectivity index (χ1n) is 5.39. The summed E-state index contributed by atoms with van der Waals surface area (Å²) < 4.78 is 1.95. The van der Waals surface area contributed by atoms with Crippen molar-refractivity contribution in [2.24, 2.45) is 12.8 Å². The molecule has 3 nitrogen and oxygen atoms in total. The van der Waals surface area contributed by atoms with Crippen LogP contribution in [0.3, 0.4) is 0 Å². The quantitative estimate of drug-likeness (QED) is 0.773. The van der Waals surface area contributed by atoms with Gasteiger partial charge >= 0.3 is 0 Å². The van der Waals surface area contributed by atoms with Crippen molar-refractivity contribution in [1.29, 1.82) is 0 Å². The molecule has 2 rings (SSSR count). The van der Waals surface area contributed by atoms with Gasteiger partial charge in [0.1, 0.15) is 0 Å². The Morgan fingerprint density at radius 1 is 1.50 bits per heavy atom. The molecular weight excluding hydrogens is 174 g/mol. The van der Waals surface area contributed by atoms with Crippen molar-refractivity contribution < 1.29 is 0 Å². The summed E-state index contributed by atoms with van der Waals surface area (Å²) in [6, 6.07) is 2.19. The van der Waals surface area contributed by atoms with E-state index in [0.29, 0.717) is 0 Å². The molecular formula is C11H19N3. The Bertz CT molecular complexity index is 302. The summed E-state index contributed by atoms with van der Waals surface area (Å²) in [7, 11) is 2.00. The van der Waals surface area contributed by atoms with Gasteiger partial charge in [-0.15, -0.1) is 0 Å². The van der Waals surface area contributed by atoms with Crippen LogP contribution in [-0.2, 0) is 12.5 Å². The average Bonchev–Trinajstić information content (AvgIpc) is 2.75. The third-order valence-corrected chi connectivity index (χ3v) is 3.61. The summed E-state index contributed by atoms with van der Waals surface area (Å²) in [4.78, 5) is 0. The fraction of sp³-hybridized carbons (Fsp3) is 0.727. The number of hydrogen-bond acceptors (Lipinski definition) is 2. The first kappa shape index (κ1) is 9.71. The van der Waals surface area contributed by atoms with Gasteiger partial charge in [0.2, 0.25) is 0 Å². The van der Waals surface area contributed by atoms with Gasteiger partial charge in [-0.1, -0.05) is 12.8 Å². The normalized spacial score (nSPS) is 20.2. The molecule has 1 aromatic rings. The molecule has 2 N–H and O–H groups in total. The van der Waals surface area contributed by atoms with Crippen molar-refractivity contribution >= 4 is 0 Å². The van der Waals surface area contributed by atoms with E-state index < -0.39 is 0 Å². The minimum atomic E-state index is 0.187. The first-order valence-corrected chi connectivity index (χ1v) is 5.39. The molecule has 1 aliphatic carbocycles. The molecule has 0 amide bonds. The monoisotopic (exact) mass is 193 g/mol. The number of nitrogens with zero attached hydrogens (tertiary/aromatic N) is 2. The van der Waals surface area contributed by atoms with E-state index in [1.807, 2.05) is 11.7 Å². The van der Waals surface area contributed by atoms with Gasteiger partial charge in [0.05, 0.1) is 5.69 Å². The predicted molar refractivity (Wildman–Crippen MR) is 57.1 cm³/mol. The highest BCUT2D eigenvalue weighted by Crippen LogP contribution is 2.39. The van der Waals surface area contributed by atoms with Gasteiger partial charge in [-0.25, -0.2) is 0 Å². The molecule has 1 heterocycles. The summed E-state index contributed by atoms with van der Waals surface area (Å²) in [5.41, 5.74) is 8.53. The number of rotatable bonds is 2. The van der Waals surface area contributed by atoms with Crippen LogP contribution in [0.4, 0.5) is 0 Å². The largest absolute Gasteiger partial charge is 0.330 e. The molecule has 0 saturated heterocycles. The van der Waals surface area contributed by atoms with Gasteiger partial charge in [-0.05, 0) is 25.8 Å². The molecule has 1 aliphatic rings. The van der Waals surface area contributed by atoms with Crippen molar-refractivity contribution in [3.8, 4) is 0 Å². The minimum absolute atomic E-state index is 0.187. The van der Waals surface area contributed by atoms with Crippen molar-refractivity contribution in [2.75, 3.05) is 6.54 Å². The van der Waals surface area contributed by atoms with Crippen molar-refractivity contribution in [3.05, 3.63) is 17.5 Å². The third-order valence-electron chi connectivity index (χ3n) is 3.61. The van der Waals surface area contributed by atoms with E-state index in [1.54, 1.807) is 0 Å². The summed E-state index contributed by atoms with van der Waals surface area (Å²) >= 11 is 0. The molecule has 0 spiro atoms. The van der Waals surface area contributed by atoms with Crippen molar-refractivity contribution in [1.82, 2.24) is 9.78 Å². The lowest BCUT2D eigenvalue weighted by Gasteiger charge is -2.24. The molecule has 1 aromatic heterocycles. The maximum Gasteiger partial charge on any atom is 0.0701 e. The fourth-order valence-corrected chi connectivity index (χ4v) is 2.44. The average molecular weight is 193 g/mol. The molecule has 0 bridgehead atoms. The van der Waals surface area contributed by atoms with Crippen LogP contribution in [0.1, 0.15) is 37.1 Å². The lowest BCUT2D eigenvalue weighted by molar-refractivity contribution is 0.433. The summed E-state index contributed by atoms with van der Waals surface area (Å²) in [6.45, 7) is 2.83. The van der Waals surface area contributed by atoms with Gasteiger partial charge in [0.25, 0.3) is 0 Å². The van der Waals surface area contributed by atoms with Crippen LogP contribution < -0.4 is 5.73 Å². The van der Waals surface area contributed by atoms with E-state index >= 15 is 0 Å². The lowest BCUT2D eigenvalue weighted by Crippen LogP contribution is -2.32. The summed E-state index contributed by atoms with van der Waals surface area (Å²) in [6.07, 6.45) is 5.01. The zero-order valence-corrected chi connectivity index (χ0v) is 9.08. The van der Waals surface area contributed by atoms with E-state index in [9.17, 15) is 0 Å². The highest BCUT2D eigenvalue weighted by Gasteiger charge is 2.36. The Kier molecular flexibility index (Phi) is 2.35. The standard InChI is InChI=1S/C11H19N3/c1-9-7-10(13-14(9)2)11(8-12)5-3-4-6-11/h7H,3-6,8,12H2,1-2H3. The summed E-state index contributed by atoms with van der Waals surface area (Å²) in [5.74, 6) is 0. The number of hydrogen-bond donors (Lipinski definition) is 1. The van der Waals surface area contributed by atoms with E-state index in [1.165, 1.54) is 37.1 Å². The predicted octanol–water partition coefficient (Wildman–Crippen LogP) is 1.50. The molecule has 0 aliphatic heterocycles. The second kappa shape index (κ2) is 3.39. The van der Waals surface area contributed by atoms with E-state index in [2.05, 4.69) is 18.1 Å². The van der Waals surface area contributed by atoms with Crippen molar-refractivity contribution in [3.63, 3.8) is 0 Å². The highest BCUT2D eigenvalue weighted by atomic mass is 15.3. The Hall–Kier alpha value is -0.830. The van der Waals surface area contributed by atoms with Gasteiger partial charge < -0.3 is 5.73 Å². The molecule has 14 heavy (non-hydrogen) atoms. The first-order chi connectivity index (χ1) is 6.68. The number of aromatic nitrogens is 2. The van der Waals surface area contributed by atoms with Gasteiger partial charge in [0, 0.05) is 24.7 Å². The van der Waals surface area contributed by atoms with Crippen LogP contribution >= 0.6 is 0 Å². The van der Waals surface area contributed by atoms with Crippen molar-refractivity contribution in [2.45, 2.75) is 38.0 Å². The zero-order valence-electron chi connectivity index (χ0n) is 9.08. The Balaban J connectivity index is 2.36. The summed E-state index contributed by atoms with van der Waals surface area (Å²) in [5, 5.41) is 4.57. The number of aryl methyl sites for hydroxylation is 2. The van der Waals surface area contributed by atoms with Crippen LogP contribution in [0.2, 0.25) is 0 Å². The molecule has 0 unspecified atom stereocenters. The second-order valence-corrected chi connectivity index (χ2v) is 4.49. The third kappa shape index (κ3) is 1.36. The minimum Gasteiger partial charge on any atom is -0.330 e. The van der Waals surface area contributed by atoms with Crippen LogP contribution in [0.25, 0.3) is 0 Å². The van der Waals surface area contributed by atoms with Gasteiger partial charge in [-0.2, -0.15) is 5.10 Å². The zero-order chi connectivity index (χ0) is 10.2. The molecule has 0 radical (unpaired) electrons. The second-order valence-electron chi connectivity index (χ2n) is 4.49. The van der Waals surface area contributed by atoms with Crippen LogP contribution in [0.15, 0.2) is 6.07 Å². The Labute approximate surface area is 85.3 Å². The molecule has 1 fully saturated rings.